The normalized spacial score (nSPS) is 16.8. The molecule has 1 aliphatic heterocycles. The van der Waals surface area contributed by atoms with Crippen molar-refractivity contribution in [1.29, 1.82) is 0 Å². The number of tetrazole rings is 1. The summed E-state index contributed by atoms with van der Waals surface area (Å²) in [7, 11) is 0. The molecule has 1 fully saturated rings. The highest BCUT2D eigenvalue weighted by Crippen LogP contribution is 2.35. The lowest BCUT2D eigenvalue weighted by Crippen LogP contribution is -2.44. The number of amides is 2. The van der Waals surface area contributed by atoms with Crippen molar-refractivity contribution < 1.29 is 19.1 Å². The smallest absolute Gasteiger partial charge is 0.338 e. The molecular weight excluding hydrogens is 568 g/mol. The molecule has 0 spiro atoms. The van der Waals surface area contributed by atoms with Crippen molar-refractivity contribution in [2.75, 3.05) is 11.9 Å². The molecule has 2 heterocycles. The van der Waals surface area contributed by atoms with E-state index < -0.39 is 17.6 Å². The standard InChI is InChI=1S/C32H31ClN6O4/c1-32(2,3)43-31(42)22-9-13-25(14-10-22)35-30(41)29-26(21-7-5-4-6-8-21)17-18-38(29)28(40)16-11-23-19-24(33)12-15-27(23)39-20-34-36-37-39/h4-16,19-20,26,29H,17-18H2,1-3H3,(H,35,41)/b16-11+/t26-,29-/m1/s1. The second-order valence-electron chi connectivity index (χ2n) is 11.1. The van der Waals surface area contributed by atoms with Gasteiger partial charge in [-0.3, -0.25) is 9.59 Å². The number of rotatable bonds is 7. The number of carbonyl (C=O) groups excluding carboxylic acids is 3. The van der Waals surface area contributed by atoms with Gasteiger partial charge < -0.3 is 15.0 Å². The number of hydrogen-bond acceptors (Lipinski definition) is 7. The number of aromatic nitrogens is 4. The highest BCUT2D eigenvalue weighted by Gasteiger charge is 2.42. The van der Waals surface area contributed by atoms with E-state index in [1.54, 1.807) is 74.2 Å². The highest BCUT2D eigenvalue weighted by atomic mass is 35.5. The zero-order valence-electron chi connectivity index (χ0n) is 24.0. The maximum absolute atomic E-state index is 13.8. The second-order valence-corrected chi connectivity index (χ2v) is 11.6. The van der Waals surface area contributed by atoms with E-state index >= 15 is 0 Å². The van der Waals surface area contributed by atoms with Crippen LogP contribution in [0.15, 0.2) is 85.2 Å². The summed E-state index contributed by atoms with van der Waals surface area (Å²) >= 11 is 6.24. The van der Waals surface area contributed by atoms with Crippen molar-refractivity contribution in [3.8, 4) is 5.69 Å². The fourth-order valence-electron chi connectivity index (χ4n) is 5.05. The first-order chi connectivity index (χ1) is 20.6. The summed E-state index contributed by atoms with van der Waals surface area (Å²) in [5, 5.41) is 14.7. The molecule has 3 aromatic carbocycles. The van der Waals surface area contributed by atoms with E-state index in [9.17, 15) is 14.4 Å². The van der Waals surface area contributed by atoms with Crippen molar-refractivity contribution >= 4 is 41.1 Å². The van der Waals surface area contributed by atoms with E-state index in [-0.39, 0.29) is 17.7 Å². The van der Waals surface area contributed by atoms with Crippen LogP contribution in [0.5, 0.6) is 0 Å². The highest BCUT2D eigenvalue weighted by molar-refractivity contribution is 6.30. The van der Waals surface area contributed by atoms with Gasteiger partial charge in [-0.05, 0) is 91.7 Å². The molecule has 2 atom stereocenters. The molecule has 1 aliphatic rings. The van der Waals surface area contributed by atoms with E-state index in [0.717, 1.165) is 5.56 Å². The molecule has 0 bridgehead atoms. The monoisotopic (exact) mass is 598 g/mol. The van der Waals surface area contributed by atoms with Gasteiger partial charge in [-0.15, -0.1) is 5.10 Å². The van der Waals surface area contributed by atoms with Crippen molar-refractivity contribution in [2.45, 2.75) is 44.8 Å². The van der Waals surface area contributed by atoms with Crippen LogP contribution in [0.4, 0.5) is 5.69 Å². The number of halogens is 1. The van der Waals surface area contributed by atoms with Crippen LogP contribution >= 0.6 is 11.6 Å². The number of nitrogens with zero attached hydrogens (tertiary/aromatic N) is 5. The Morgan fingerprint density at radius 1 is 1.02 bits per heavy atom. The SMILES string of the molecule is CC(C)(C)OC(=O)c1ccc(NC(=O)[C@H]2[C@@H](c3ccccc3)CCN2C(=O)/C=C/c2cc(Cl)ccc2-n2cnnn2)cc1. The third-order valence-corrected chi connectivity index (χ3v) is 7.19. The molecule has 1 aromatic heterocycles. The van der Waals surface area contributed by atoms with E-state index in [0.29, 0.717) is 40.5 Å². The largest absolute Gasteiger partial charge is 0.456 e. The Kier molecular flexibility index (Phi) is 8.68. The van der Waals surface area contributed by atoms with Gasteiger partial charge in [0.25, 0.3) is 0 Å². The maximum atomic E-state index is 13.8. The number of likely N-dealkylation sites (tertiary alicyclic amines) is 1. The van der Waals surface area contributed by atoms with Gasteiger partial charge >= 0.3 is 5.97 Å². The number of nitrogens with one attached hydrogen (secondary N) is 1. The van der Waals surface area contributed by atoms with Crippen molar-refractivity contribution in [3.63, 3.8) is 0 Å². The molecule has 4 aromatic rings. The molecule has 0 unspecified atom stereocenters. The Morgan fingerprint density at radius 3 is 2.44 bits per heavy atom. The van der Waals surface area contributed by atoms with Crippen LogP contribution < -0.4 is 5.32 Å². The first-order valence-electron chi connectivity index (χ1n) is 13.8. The van der Waals surface area contributed by atoms with Crippen LogP contribution in [-0.2, 0) is 14.3 Å². The Hall–Kier alpha value is -4.83. The zero-order valence-corrected chi connectivity index (χ0v) is 24.7. The average molecular weight is 599 g/mol. The van der Waals surface area contributed by atoms with Gasteiger partial charge in [-0.2, -0.15) is 4.68 Å². The molecule has 11 heteroatoms. The summed E-state index contributed by atoms with van der Waals surface area (Å²) in [6, 6.07) is 20.6. The molecule has 5 rings (SSSR count). The number of benzene rings is 3. The lowest BCUT2D eigenvalue weighted by molar-refractivity contribution is -0.133. The fraction of sp³-hybridized carbons (Fsp3) is 0.250. The number of carbonyl (C=O) groups is 3. The summed E-state index contributed by atoms with van der Waals surface area (Å²) in [6.45, 7) is 5.80. The molecular formula is C32H31ClN6O4. The number of esters is 1. The Bertz CT molecular complexity index is 1630. The van der Waals surface area contributed by atoms with E-state index in [1.807, 2.05) is 30.3 Å². The molecule has 1 N–H and O–H groups in total. The molecule has 0 aliphatic carbocycles. The first-order valence-corrected chi connectivity index (χ1v) is 14.2. The zero-order chi connectivity index (χ0) is 30.6. The van der Waals surface area contributed by atoms with E-state index in [4.69, 9.17) is 16.3 Å². The van der Waals surface area contributed by atoms with E-state index in [1.165, 1.54) is 17.1 Å². The summed E-state index contributed by atoms with van der Waals surface area (Å²) in [5.41, 5.74) is 2.51. The van der Waals surface area contributed by atoms with Crippen LogP contribution in [0.3, 0.4) is 0 Å². The van der Waals surface area contributed by atoms with Gasteiger partial charge in [0, 0.05) is 34.8 Å². The topological polar surface area (TPSA) is 119 Å². The van der Waals surface area contributed by atoms with Crippen LogP contribution in [0.1, 0.15) is 54.6 Å². The molecule has 43 heavy (non-hydrogen) atoms. The number of anilines is 1. The predicted molar refractivity (Wildman–Crippen MR) is 163 cm³/mol. The van der Waals surface area contributed by atoms with Crippen molar-refractivity contribution in [2.24, 2.45) is 0 Å². The van der Waals surface area contributed by atoms with Gasteiger partial charge in [0.05, 0.1) is 11.3 Å². The Labute approximate surface area is 254 Å². The third-order valence-electron chi connectivity index (χ3n) is 6.96. The Morgan fingerprint density at radius 2 is 1.77 bits per heavy atom. The second kappa shape index (κ2) is 12.6. The van der Waals surface area contributed by atoms with Crippen molar-refractivity contribution in [3.05, 3.63) is 107 Å². The quantitative estimate of drug-likeness (QED) is 0.226. The lowest BCUT2D eigenvalue weighted by atomic mass is 9.91. The van der Waals surface area contributed by atoms with Gasteiger partial charge in [-0.25, -0.2) is 4.79 Å². The minimum Gasteiger partial charge on any atom is -0.456 e. The lowest BCUT2D eigenvalue weighted by Gasteiger charge is -2.27. The Balaban J connectivity index is 1.38. The molecule has 10 nitrogen and oxygen atoms in total. The third kappa shape index (κ3) is 7.15. The van der Waals surface area contributed by atoms with Crippen LogP contribution in [0, 0.1) is 0 Å². The predicted octanol–water partition coefficient (Wildman–Crippen LogP) is 5.31. The average Bonchev–Trinajstić information content (AvgIpc) is 3.67. The first kappa shape index (κ1) is 29.7. The molecule has 1 saturated heterocycles. The van der Waals surface area contributed by atoms with Crippen LogP contribution in [0.25, 0.3) is 11.8 Å². The molecule has 220 valence electrons. The van der Waals surface area contributed by atoms with Gasteiger partial charge in [-0.1, -0.05) is 41.9 Å². The van der Waals surface area contributed by atoms with E-state index in [2.05, 4.69) is 20.8 Å². The van der Waals surface area contributed by atoms with Gasteiger partial charge in [0.15, 0.2) is 0 Å². The number of hydrogen-bond donors (Lipinski definition) is 1. The summed E-state index contributed by atoms with van der Waals surface area (Å²) in [6.07, 6.45) is 5.15. The summed E-state index contributed by atoms with van der Waals surface area (Å²) in [4.78, 5) is 41.4. The summed E-state index contributed by atoms with van der Waals surface area (Å²) < 4.78 is 6.90. The molecule has 0 radical (unpaired) electrons. The fourth-order valence-corrected chi connectivity index (χ4v) is 5.23. The summed E-state index contributed by atoms with van der Waals surface area (Å²) in [5.74, 6) is -1.30. The minimum atomic E-state index is -0.761. The minimum absolute atomic E-state index is 0.206. The van der Waals surface area contributed by atoms with Gasteiger partial charge in [0.2, 0.25) is 11.8 Å². The number of ether oxygens (including phenoxy) is 1. The van der Waals surface area contributed by atoms with Crippen LogP contribution in [0.2, 0.25) is 5.02 Å². The van der Waals surface area contributed by atoms with Crippen LogP contribution in [-0.4, -0.2) is 61.1 Å². The molecule has 0 saturated carbocycles. The maximum Gasteiger partial charge on any atom is 0.338 e. The molecule has 2 amide bonds. The van der Waals surface area contributed by atoms with Gasteiger partial charge in [0.1, 0.15) is 18.0 Å². The van der Waals surface area contributed by atoms with Crippen molar-refractivity contribution in [1.82, 2.24) is 25.1 Å².